The van der Waals surface area contributed by atoms with Crippen molar-refractivity contribution in [3.8, 4) is 11.5 Å². The average Bonchev–Trinajstić information content (AvgIpc) is 2.65. The molecule has 0 aliphatic rings. The molecule has 2 aromatic carbocycles. The standard InChI is InChI=1S/C17H15ClN4O6/c1-9-3-4-11(7-12(9)18)20-16(24)17(25)21-19-8-10-5-13(22(26)27)15(23)14(6-10)28-2/h3-8,23H,1-2H3,(H,20,24)(H,21,25)/p-1/b19-8-. The van der Waals surface area contributed by atoms with E-state index in [1.54, 1.807) is 19.1 Å². The number of methoxy groups -OCH3 is 1. The number of anilines is 1. The maximum Gasteiger partial charge on any atom is 0.329 e. The van der Waals surface area contributed by atoms with Crippen molar-refractivity contribution in [2.45, 2.75) is 6.92 Å². The van der Waals surface area contributed by atoms with Gasteiger partial charge in [-0.25, -0.2) is 5.43 Å². The molecule has 2 N–H and O–H groups in total. The van der Waals surface area contributed by atoms with E-state index in [0.29, 0.717) is 10.7 Å². The van der Waals surface area contributed by atoms with E-state index >= 15 is 0 Å². The first-order valence-electron chi connectivity index (χ1n) is 7.67. The van der Waals surface area contributed by atoms with Gasteiger partial charge in [0, 0.05) is 28.1 Å². The van der Waals surface area contributed by atoms with Gasteiger partial charge in [0.15, 0.2) is 0 Å². The minimum Gasteiger partial charge on any atom is -0.865 e. The van der Waals surface area contributed by atoms with Gasteiger partial charge in [0.05, 0.1) is 18.2 Å². The average molecular weight is 406 g/mol. The summed E-state index contributed by atoms with van der Waals surface area (Å²) in [4.78, 5) is 33.7. The number of hydrazone groups is 1. The zero-order valence-corrected chi connectivity index (χ0v) is 15.4. The second kappa shape index (κ2) is 8.82. The second-order valence-electron chi connectivity index (χ2n) is 5.45. The van der Waals surface area contributed by atoms with E-state index in [-0.39, 0.29) is 11.3 Å². The Labute approximate surface area is 163 Å². The topological polar surface area (TPSA) is 146 Å². The van der Waals surface area contributed by atoms with E-state index in [2.05, 4.69) is 10.4 Å². The number of nitro benzene ring substituents is 1. The molecule has 2 aromatic rings. The van der Waals surface area contributed by atoms with Crippen molar-refractivity contribution in [3.05, 3.63) is 56.6 Å². The van der Waals surface area contributed by atoms with Crippen LogP contribution < -0.4 is 20.6 Å². The van der Waals surface area contributed by atoms with Gasteiger partial charge < -0.3 is 15.2 Å². The predicted molar refractivity (Wildman–Crippen MR) is 99.6 cm³/mol. The first-order chi connectivity index (χ1) is 13.2. The molecule has 2 rings (SSSR count). The molecule has 0 atom stereocenters. The number of halogens is 1. The van der Waals surface area contributed by atoms with Gasteiger partial charge >= 0.3 is 11.8 Å². The lowest BCUT2D eigenvalue weighted by Gasteiger charge is -2.12. The summed E-state index contributed by atoms with van der Waals surface area (Å²) in [5.74, 6) is -3.20. The Morgan fingerprint density at radius 1 is 1.25 bits per heavy atom. The van der Waals surface area contributed by atoms with Gasteiger partial charge in [0.25, 0.3) is 5.69 Å². The van der Waals surface area contributed by atoms with Gasteiger partial charge in [-0.05, 0) is 30.7 Å². The molecule has 11 heteroatoms. The van der Waals surface area contributed by atoms with Crippen LogP contribution in [0.25, 0.3) is 0 Å². The van der Waals surface area contributed by atoms with Crippen molar-refractivity contribution in [3.63, 3.8) is 0 Å². The van der Waals surface area contributed by atoms with Crippen LogP contribution in [-0.2, 0) is 9.59 Å². The third-order valence-corrected chi connectivity index (χ3v) is 3.90. The summed E-state index contributed by atoms with van der Waals surface area (Å²) in [5, 5.41) is 29.0. The Hall–Kier alpha value is -3.66. The normalized spacial score (nSPS) is 10.5. The molecule has 0 fully saturated rings. The van der Waals surface area contributed by atoms with Crippen LogP contribution in [0.1, 0.15) is 11.1 Å². The number of nitrogens with zero attached hydrogens (tertiary/aromatic N) is 2. The van der Waals surface area contributed by atoms with Crippen LogP contribution in [0.15, 0.2) is 35.4 Å². The van der Waals surface area contributed by atoms with Crippen LogP contribution >= 0.6 is 11.6 Å². The van der Waals surface area contributed by atoms with E-state index in [1.165, 1.54) is 19.2 Å². The number of rotatable bonds is 5. The summed E-state index contributed by atoms with van der Waals surface area (Å²) >= 11 is 5.94. The summed E-state index contributed by atoms with van der Waals surface area (Å²) < 4.78 is 4.79. The fourth-order valence-electron chi connectivity index (χ4n) is 2.04. The highest BCUT2D eigenvalue weighted by molar-refractivity contribution is 6.39. The highest BCUT2D eigenvalue weighted by atomic mass is 35.5. The Kier molecular flexibility index (Phi) is 6.51. The highest BCUT2D eigenvalue weighted by Gasteiger charge is 2.15. The minimum atomic E-state index is -1.07. The summed E-state index contributed by atoms with van der Waals surface area (Å²) in [5.41, 5.74) is 2.52. The molecule has 0 saturated heterocycles. The molecule has 28 heavy (non-hydrogen) atoms. The molecule has 146 valence electrons. The number of nitrogens with one attached hydrogen (secondary N) is 2. The fraction of sp³-hybridized carbons (Fsp3) is 0.118. The maximum atomic E-state index is 11.8. The van der Waals surface area contributed by atoms with Crippen LogP contribution in [0.2, 0.25) is 5.02 Å². The molecular formula is C17H14ClN4O6-. The lowest BCUT2D eigenvalue weighted by atomic mass is 10.2. The van der Waals surface area contributed by atoms with Crippen molar-refractivity contribution < 1.29 is 24.4 Å². The molecule has 10 nitrogen and oxygen atoms in total. The Bertz CT molecular complexity index is 976. The molecule has 0 saturated carbocycles. The zero-order chi connectivity index (χ0) is 20.8. The largest absolute Gasteiger partial charge is 0.865 e. The van der Waals surface area contributed by atoms with Crippen LogP contribution in [0.5, 0.6) is 11.5 Å². The summed E-state index contributed by atoms with van der Waals surface area (Å²) in [6.07, 6.45) is 1.03. The lowest BCUT2D eigenvalue weighted by Crippen LogP contribution is -2.32. The molecule has 0 aromatic heterocycles. The van der Waals surface area contributed by atoms with Crippen molar-refractivity contribution in [1.29, 1.82) is 0 Å². The second-order valence-corrected chi connectivity index (χ2v) is 5.85. The Morgan fingerprint density at radius 3 is 2.57 bits per heavy atom. The van der Waals surface area contributed by atoms with Crippen LogP contribution in [0.3, 0.4) is 0 Å². The number of benzene rings is 2. The highest BCUT2D eigenvalue weighted by Crippen LogP contribution is 2.33. The lowest BCUT2D eigenvalue weighted by molar-refractivity contribution is -0.398. The smallest absolute Gasteiger partial charge is 0.329 e. The number of nitro groups is 1. The first-order valence-corrected chi connectivity index (χ1v) is 8.04. The van der Waals surface area contributed by atoms with Gasteiger partial charge in [-0.15, -0.1) is 0 Å². The van der Waals surface area contributed by atoms with Gasteiger partial charge in [-0.2, -0.15) is 5.10 Å². The molecule has 0 radical (unpaired) electrons. The quantitative estimate of drug-likeness (QED) is 0.335. The predicted octanol–water partition coefficient (Wildman–Crippen LogP) is 1.73. The van der Waals surface area contributed by atoms with E-state index in [4.69, 9.17) is 16.3 Å². The first kappa shape index (κ1) is 20.6. The number of carbonyl (C=O) groups excluding carboxylic acids is 2. The molecule has 0 bridgehead atoms. The van der Waals surface area contributed by atoms with Gasteiger partial charge in [-0.3, -0.25) is 19.7 Å². The number of aryl methyl sites for hydroxylation is 1. The molecule has 0 unspecified atom stereocenters. The third kappa shape index (κ3) is 4.95. The molecule has 2 amide bonds. The minimum absolute atomic E-state index is 0.120. The van der Waals surface area contributed by atoms with Gasteiger partial charge in [-0.1, -0.05) is 17.7 Å². The van der Waals surface area contributed by atoms with E-state index < -0.39 is 28.2 Å². The fourth-order valence-corrected chi connectivity index (χ4v) is 2.23. The number of hydrogen-bond donors (Lipinski definition) is 2. The maximum absolute atomic E-state index is 11.8. The van der Waals surface area contributed by atoms with E-state index in [1.807, 2.05) is 5.43 Å². The van der Waals surface area contributed by atoms with Crippen molar-refractivity contribution in [2.24, 2.45) is 5.10 Å². The van der Waals surface area contributed by atoms with Crippen molar-refractivity contribution >= 4 is 41.0 Å². The van der Waals surface area contributed by atoms with E-state index in [9.17, 15) is 24.8 Å². The van der Waals surface area contributed by atoms with E-state index in [0.717, 1.165) is 17.8 Å². The molecular weight excluding hydrogens is 392 g/mol. The van der Waals surface area contributed by atoms with Crippen LogP contribution in [0.4, 0.5) is 11.4 Å². The zero-order valence-electron chi connectivity index (χ0n) is 14.7. The van der Waals surface area contributed by atoms with Gasteiger partial charge in [0.2, 0.25) is 0 Å². The summed E-state index contributed by atoms with van der Waals surface area (Å²) in [6.45, 7) is 1.79. The Balaban J connectivity index is 2.06. The SMILES string of the molecule is COc1cc(/C=N\NC(=O)C(=O)Nc2ccc(C)c(Cl)c2)cc([N+](=O)[O-])c1[O-]. The van der Waals surface area contributed by atoms with Crippen molar-refractivity contribution in [2.75, 3.05) is 12.4 Å². The monoisotopic (exact) mass is 405 g/mol. The van der Waals surface area contributed by atoms with Crippen LogP contribution in [0, 0.1) is 17.0 Å². The number of hydrogen-bond acceptors (Lipinski definition) is 7. The molecule has 0 aliphatic heterocycles. The number of carbonyl (C=O) groups is 2. The number of ether oxygens (including phenoxy) is 1. The third-order valence-electron chi connectivity index (χ3n) is 3.49. The van der Waals surface area contributed by atoms with Crippen LogP contribution in [-0.4, -0.2) is 30.1 Å². The molecule has 0 heterocycles. The number of amides is 2. The summed E-state index contributed by atoms with van der Waals surface area (Å²) in [7, 11) is 1.19. The summed E-state index contributed by atoms with van der Waals surface area (Å²) in [6, 6.07) is 6.91. The molecule has 0 spiro atoms. The Morgan fingerprint density at radius 2 is 1.96 bits per heavy atom. The van der Waals surface area contributed by atoms with Crippen molar-refractivity contribution in [1.82, 2.24) is 5.43 Å². The van der Waals surface area contributed by atoms with Gasteiger partial charge in [0.1, 0.15) is 5.75 Å². The molecule has 0 aliphatic carbocycles.